The maximum Gasteiger partial charge on any atom is 0.331 e. The van der Waals surface area contributed by atoms with Crippen molar-refractivity contribution < 1.29 is 19.1 Å². The quantitative estimate of drug-likeness (QED) is 0.653. The highest BCUT2D eigenvalue weighted by molar-refractivity contribution is 5.95. The number of carbonyl (C=O) groups is 2. The third-order valence-electron chi connectivity index (χ3n) is 2.13. The largest absolute Gasteiger partial charge is 0.495 e. The molecule has 0 fully saturated rings. The Morgan fingerprint density at radius 1 is 1.26 bits per heavy atom. The van der Waals surface area contributed by atoms with E-state index in [0.29, 0.717) is 11.4 Å². The molecule has 1 aromatic carbocycles. The van der Waals surface area contributed by atoms with Gasteiger partial charge in [0.2, 0.25) is 0 Å². The molecule has 0 radical (unpaired) electrons. The molecule has 0 bridgehead atoms. The van der Waals surface area contributed by atoms with Crippen LogP contribution in [0.4, 0.5) is 5.69 Å². The van der Waals surface area contributed by atoms with E-state index in [1.807, 2.05) is 0 Å². The number of benzene rings is 1. The average Bonchev–Trinajstić information content (AvgIpc) is 2.36. The van der Waals surface area contributed by atoms with Crippen molar-refractivity contribution in [3.8, 4) is 5.75 Å². The molecule has 1 N–H and O–H groups in total. The van der Waals surface area contributed by atoms with Gasteiger partial charge in [-0.05, 0) is 26.0 Å². The molecule has 1 rings (SSSR count). The lowest BCUT2D eigenvalue weighted by atomic mass is 10.3. The van der Waals surface area contributed by atoms with E-state index in [4.69, 9.17) is 9.47 Å². The number of hydrogen-bond donors (Lipinski definition) is 1. The number of para-hydroxylation sites is 2. The molecule has 0 spiro atoms. The summed E-state index contributed by atoms with van der Waals surface area (Å²) in [6, 6.07) is 7.00. The van der Waals surface area contributed by atoms with Crippen LogP contribution in [0.25, 0.3) is 0 Å². The van der Waals surface area contributed by atoms with Crippen molar-refractivity contribution in [2.24, 2.45) is 0 Å². The summed E-state index contributed by atoms with van der Waals surface area (Å²) in [7, 11) is 1.51. The summed E-state index contributed by atoms with van der Waals surface area (Å²) in [5.74, 6) is -0.401. The summed E-state index contributed by atoms with van der Waals surface area (Å²) in [6.07, 6.45) is 1.33. The van der Waals surface area contributed by atoms with E-state index in [9.17, 15) is 9.59 Å². The number of allylic oxidation sites excluding steroid dienone is 1. The molecule has 0 aliphatic rings. The molecule has 0 aliphatic heterocycles. The van der Waals surface area contributed by atoms with Gasteiger partial charge in [-0.1, -0.05) is 17.7 Å². The highest BCUT2D eigenvalue weighted by atomic mass is 16.5. The summed E-state index contributed by atoms with van der Waals surface area (Å²) in [5, 5.41) is 2.61. The van der Waals surface area contributed by atoms with Crippen LogP contribution >= 0.6 is 0 Å². The summed E-state index contributed by atoms with van der Waals surface area (Å²) in [5.41, 5.74) is 1.35. The van der Waals surface area contributed by atoms with Gasteiger partial charge in [-0.25, -0.2) is 4.79 Å². The first-order valence-corrected chi connectivity index (χ1v) is 5.77. The van der Waals surface area contributed by atoms with Crippen LogP contribution in [0.15, 0.2) is 35.9 Å². The SMILES string of the molecule is COc1ccccc1NC(=O)COC(=O)C=C(C)C. The van der Waals surface area contributed by atoms with Crippen LogP contribution in [0.1, 0.15) is 13.8 Å². The van der Waals surface area contributed by atoms with E-state index >= 15 is 0 Å². The van der Waals surface area contributed by atoms with Crippen molar-refractivity contribution in [3.63, 3.8) is 0 Å². The number of rotatable bonds is 5. The maximum absolute atomic E-state index is 11.6. The zero-order valence-corrected chi connectivity index (χ0v) is 11.2. The van der Waals surface area contributed by atoms with Gasteiger partial charge in [0.25, 0.3) is 5.91 Å². The fraction of sp³-hybridized carbons (Fsp3) is 0.286. The van der Waals surface area contributed by atoms with E-state index < -0.39 is 11.9 Å². The first-order valence-electron chi connectivity index (χ1n) is 5.77. The minimum atomic E-state index is -0.532. The molecule has 1 aromatic rings. The lowest BCUT2D eigenvalue weighted by Gasteiger charge is -2.09. The summed E-state index contributed by atoms with van der Waals surface area (Å²) < 4.78 is 9.88. The van der Waals surface area contributed by atoms with Crippen molar-refractivity contribution >= 4 is 17.6 Å². The van der Waals surface area contributed by atoms with Gasteiger partial charge in [0.15, 0.2) is 6.61 Å². The Bertz CT molecular complexity index is 490. The van der Waals surface area contributed by atoms with Crippen LogP contribution in [0.3, 0.4) is 0 Å². The molecule has 5 nitrogen and oxygen atoms in total. The van der Waals surface area contributed by atoms with Gasteiger partial charge in [-0.2, -0.15) is 0 Å². The maximum atomic E-state index is 11.6. The molecule has 0 aliphatic carbocycles. The highest BCUT2D eigenvalue weighted by Gasteiger charge is 2.08. The van der Waals surface area contributed by atoms with Gasteiger partial charge >= 0.3 is 5.97 Å². The third-order valence-corrected chi connectivity index (χ3v) is 2.13. The van der Waals surface area contributed by atoms with E-state index in [1.165, 1.54) is 13.2 Å². The second-order valence-electron chi connectivity index (χ2n) is 4.08. The Morgan fingerprint density at radius 2 is 1.95 bits per heavy atom. The van der Waals surface area contributed by atoms with E-state index in [-0.39, 0.29) is 6.61 Å². The number of carbonyl (C=O) groups excluding carboxylic acids is 2. The van der Waals surface area contributed by atoms with Crippen LogP contribution in [0.2, 0.25) is 0 Å². The number of ether oxygens (including phenoxy) is 2. The monoisotopic (exact) mass is 263 g/mol. The summed E-state index contributed by atoms with van der Waals surface area (Å²) >= 11 is 0. The molecule has 1 amide bonds. The Kier molecular flexibility index (Phi) is 5.60. The van der Waals surface area contributed by atoms with E-state index in [0.717, 1.165) is 5.57 Å². The topological polar surface area (TPSA) is 64.6 Å². The molecule has 0 saturated carbocycles. The Labute approximate surface area is 112 Å². The molecule has 0 aromatic heterocycles. The fourth-order valence-corrected chi connectivity index (χ4v) is 1.35. The minimum absolute atomic E-state index is 0.333. The zero-order chi connectivity index (χ0) is 14.3. The smallest absolute Gasteiger partial charge is 0.331 e. The van der Waals surface area contributed by atoms with Crippen LogP contribution in [-0.2, 0) is 14.3 Å². The van der Waals surface area contributed by atoms with Gasteiger partial charge in [0, 0.05) is 6.08 Å². The van der Waals surface area contributed by atoms with Gasteiger partial charge in [0.1, 0.15) is 5.75 Å². The fourth-order valence-electron chi connectivity index (χ4n) is 1.35. The summed E-state index contributed by atoms with van der Waals surface area (Å²) in [6.45, 7) is 3.22. The highest BCUT2D eigenvalue weighted by Crippen LogP contribution is 2.22. The lowest BCUT2D eigenvalue weighted by Crippen LogP contribution is -2.20. The second-order valence-corrected chi connectivity index (χ2v) is 4.08. The van der Waals surface area contributed by atoms with Crippen molar-refractivity contribution in [2.45, 2.75) is 13.8 Å². The number of esters is 1. The van der Waals surface area contributed by atoms with Crippen LogP contribution < -0.4 is 10.1 Å². The number of methoxy groups -OCH3 is 1. The van der Waals surface area contributed by atoms with Crippen LogP contribution in [0, 0.1) is 0 Å². The second kappa shape index (κ2) is 7.20. The van der Waals surface area contributed by atoms with Crippen molar-refractivity contribution in [1.29, 1.82) is 0 Å². The normalized spacial score (nSPS) is 9.42. The molecule has 0 heterocycles. The van der Waals surface area contributed by atoms with E-state index in [1.54, 1.807) is 38.1 Å². The molecular weight excluding hydrogens is 246 g/mol. The minimum Gasteiger partial charge on any atom is -0.495 e. The average molecular weight is 263 g/mol. The zero-order valence-electron chi connectivity index (χ0n) is 11.2. The first-order chi connectivity index (χ1) is 9.02. The number of hydrogen-bond acceptors (Lipinski definition) is 4. The van der Waals surface area contributed by atoms with Crippen LogP contribution in [-0.4, -0.2) is 25.6 Å². The molecular formula is C14H17NO4. The Hall–Kier alpha value is -2.30. The summed E-state index contributed by atoms with van der Waals surface area (Å²) in [4.78, 5) is 22.8. The number of anilines is 1. The molecule has 5 heteroatoms. The van der Waals surface area contributed by atoms with Crippen molar-refractivity contribution in [3.05, 3.63) is 35.9 Å². The van der Waals surface area contributed by atoms with Gasteiger partial charge in [-0.3, -0.25) is 4.79 Å². The van der Waals surface area contributed by atoms with Crippen molar-refractivity contribution in [2.75, 3.05) is 19.0 Å². The van der Waals surface area contributed by atoms with Gasteiger partial charge < -0.3 is 14.8 Å². The molecule has 102 valence electrons. The van der Waals surface area contributed by atoms with Crippen molar-refractivity contribution in [1.82, 2.24) is 0 Å². The molecule has 0 unspecified atom stereocenters. The lowest BCUT2D eigenvalue weighted by molar-refractivity contribution is -0.142. The predicted molar refractivity (Wildman–Crippen MR) is 72.0 cm³/mol. The number of nitrogens with one attached hydrogen (secondary N) is 1. The first kappa shape index (κ1) is 14.8. The molecule has 0 saturated heterocycles. The molecule has 0 atom stereocenters. The third kappa shape index (κ3) is 5.25. The Morgan fingerprint density at radius 3 is 2.58 bits per heavy atom. The predicted octanol–water partition coefficient (Wildman–Crippen LogP) is 2.14. The van der Waals surface area contributed by atoms with E-state index in [2.05, 4.69) is 5.32 Å². The number of amides is 1. The molecule has 19 heavy (non-hydrogen) atoms. The van der Waals surface area contributed by atoms with Gasteiger partial charge in [0.05, 0.1) is 12.8 Å². The van der Waals surface area contributed by atoms with Crippen LogP contribution in [0.5, 0.6) is 5.75 Å². The van der Waals surface area contributed by atoms with Gasteiger partial charge in [-0.15, -0.1) is 0 Å². The Balaban J connectivity index is 2.52. The standard InChI is InChI=1S/C14H17NO4/c1-10(2)8-14(17)19-9-13(16)15-11-6-4-5-7-12(11)18-3/h4-8H,9H2,1-3H3,(H,15,16).